The molecular formula is C17H19ClN8O. The lowest BCUT2D eigenvalue weighted by molar-refractivity contribution is 0.208. The molecule has 3 heterocycles. The summed E-state index contributed by atoms with van der Waals surface area (Å²) in [6.45, 7) is 5.14. The summed E-state index contributed by atoms with van der Waals surface area (Å²) in [6, 6.07) is 7.04. The zero-order valence-electron chi connectivity index (χ0n) is 14.8. The van der Waals surface area contributed by atoms with Crippen molar-refractivity contribution in [1.29, 1.82) is 0 Å². The smallest absolute Gasteiger partial charge is 0.322 e. The van der Waals surface area contributed by atoms with Crippen LogP contribution in [0.3, 0.4) is 0 Å². The number of aromatic nitrogens is 5. The Labute approximate surface area is 160 Å². The number of carbonyl (C=O) groups excluding carboxylic acids is 1. The van der Waals surface area contributed by atoms with Crippen LogP contribution in [0.4, 0.5) is 16.3 Å². The van der Waals surface area contributed by atoms with E-state index in [2.05, 4.69) is 30.5 Å². The van der Waals surface area contributed by atoms with Crippen molar-refractivity contribution in [2.24, 2.45) is 0 Å². The SMILES string of the molecule is CCn1nnc2c(N3CCN(C(=O)Nc4ccccc4Cl)CC3)ncnc21. The second-order valence-electron chi connectivity index (χ2n) is 6.16. The zero-order chi connectivity index (χ0) is 18.8. The van der Waals surface area contributed by atoms with Crippen molar-refractivity contribution in [3.05, 3.63) is 35.6 Å². The number of para-hydroxylation sites is 1. The molecule has 0 aliphatic carbocycles. The third-order valence-electron chi connectivity index (χ3n) is 4.56. The Bertz CT molecular complexity index is 966. The Morgan fingerprint density at radius 2 is 1.96 bits per heavy atom. The molecular weight excluding hydrogens is 368 g/mol. The fourth-order valence-corrected chi connectivity index (χ4v) is 3.29. The number of nitrogens with one attached hydrogen (secondary N) is 1. The number of aryl methyl sites for hydroxylation is 1. The van der Waals surface area contributed by atoms with Gasteiger partial charge in [-0.1, -0.05) is 28.9 Å². The molecule has 0 bridgehead atoms. The second-order valence-corrected chi connectivity index (χ2v) is 6.57. The van der Waals surface area contributed by atoms with Gasteiger partial charge in [0, 0.05) is 32.7 Å². The van der Waals surface area contributed by atoms with Crippen molar-refractivity contribution in [3.63, 3.8) is 0 Å². The highest BCUT2D eigenvalue weighted by molar-refractivity contribution is 6.33. The third kappa shape index (κ3) is 3.37. The molecule has 1 N–H and O–H groups in total. The summed E-state index contributed by atoms with van der Waals surface area (Å²) in [6.07, 6.45) is 1.53. The van der Waals surface area contributed by atoms with Gasteiger partial charge in [0.2, 0.25) is 0 Å². The number of urea groups is 1. The van der Waals surface area contributed by atoms with E-state index in [1.165, 1.54) is 6.33 Å². The number of nitrogens with zero attached hydrogens (tertiary/aromatic N) is 7. The van der Waals surface area contributed by atoms with Crippen LogP contribution in [0, 0.1) is 0 Å². The molecule has 140 valence electrons. The summed E-state index contributed by atoms with van der Waals surface area (Å²) in [5, 5.41) is 11.7. The van der Waals surface area contributed by atoms with Gasteiger partial charge < -0.3 is 15.1 Å². The van der Waals surface area contributed by atoms with Gasteiger partial charge in [0.25, 0.3) is 0 Å². The minimum absolute atomic E-state index is 0.160. The summed E-state index contributed by atoms with van der Waals surface area (Å²) in [7, 11) is 0. The fourth-order valence-electron chi connectivity index (χ4n) is 3.10. The summed E-state index contributed by atoms with van der Waals surface area (Å²) in [5.74, 6) is 0.755. The molecule has 1 aliphatic rings. The van der Waals surface area contributed by atoms with Gasteiger partial charge in [0.15, 0.2) is 17.0 Å². The third-order valence-corrected chi connectivity index (χ3v) is 4.89. The molecule has 0 spiro atoms. The van der Waals surface area contributed by atoms with Gasteiger partial charge in [0.1, 0.15) is 6.33 Å². The Kier molecular flexibility index (Phi) is 4.76. The summed E-state index contributed by atoms with van der Waals surface area (Å²) >= 11 is 6.11. The lowest BCUT2D eigenvalue weighted by atomic mass is 10.3. The highest BCUT2D eigenvalue weighted by Crippen LogP contribution is 2.23. The first-order chi connectivity index (χ1) is 13.2. The number of halogens is 1. The Morgan fingerprint density at radius 3 is 2.70 bits per heavy atom. The molecule has 1 aromatic carbocycles. The van der Waals surface area contributed by atoms with Gasteiger partial charge in [0.05, 0.1) is 10.7 Å². The highest BCUT2D eigenvalue weighted by atomic mass is 35.5. The average molecular weight is 387 g/mol. The van der Waals surface area contributed by atoms with Crippen molar-refractivity contribution in [3.8, 4) is 0 Å². The first-order valence-electron chi connectivity index (χ1n) is 8.77. The normalized spacial score (nSPS) is 14.6. The molecule has 4 rings (SSSR count). The van der Waals surface area contributed by atoms with Crippen LogP contribution in [0.25, 0.3) is 11.2 Å². The van der Waals surface area contributed by atoms with Crippen molar-refractivity contribution >= 4 is 40.3 Å². The highest BCUT2D eigenvalue weighted by Gasteiger charge is 2.24. The molecule has 2 amide bonds. The number of amides is 2. The fraction of sp³-hybridized carbons (Fsp3) is 0.353. The van der Waals surface area contributed by atoms with Gasteiger partial charge in [-0.05, 0) is 19.1 Å². The van der Waals surface area contributed by atoms with E-state index in [0.717, 1.165) is 11.5 Å². The molecule has 27 heavy (non-hydrogen) atoms. The number of carbonyl (C=O) groups is 1. The largest absolute Gasteiger partial charge is 0.351 e. The van der Waals surface area contributed by atoms with Gasteiger partial charge in [-0.3, -0.25) is 0 Å². The van der Waals surface area contributed by atoms with E-state index in [4.69, 9.17) is 11.6 Å². The number of hydrogen-bond donors (Lipinski definition) is 1. The van der Waals surface area contributed by atoms with Crippen LogP contribution < -0.4 is 10.2 Å². The van der Waals surface area contributed by atoms with Gasteiger partial charge in [-0.25, -0.2) is 19.4 Å². The topological polar surface area (TPSA) is 92.1 Å². The maximum absolute atomic E-state index is 12.5. The van der Waals surface area contributed by atoms with Crippen LogP contribution >= 0.6 is 11.6 Å². The lowest BCUT2D eigenvalue weighted by Gasteiger charge is -2.35. The minimum Gasteiger partial charge on any atom is -0.351 e. The second kappa shape index (κ2) is 7.36. The van der Waals surface area contributed by atoms with Crippen molar-refractivity contribution in [1.82, 2.24) is 29.9 Å². The first kappa shape index (κ1) is 17.5. The van der Waals surface area contributed by atoms with Crippen LogP contribution in [-0.2, 0) is 6.54 Å². The van der Waals surface area contributed by atoms with Crippen molar-refractivity contribution < 1.29 is 4.79 Å². The number of anilines is 2. The lowest BCUT2D eigenvalue weighted by Crippen LogP contribution is -2.50. The summed E-state index contributed by atoms with van der Waals surface area (Å²) < 4.78 is 1.74. The van der Waals surface area contributed by atoms with Crippen LogP contribution in [0.15, 0.2) is 30.6 Å². The predicted molar refractivity (Wildman–Crippen MR) is 103 cm³/mol. The molecule has 1 saturated heterocycles. The summed E-state index contributed by atoms with van der Waals surface area (Å²) in [5.41, 5.74) is 2.02. The predicted octanol–water partition coefficient (Wildman–Crippen LogP) is 2.25. The van der Waals surface area contributed by atoms with Crippen molar-refractivity contribution in [2.45, 2.75) is 13.5 Å². The first-order valence-corrected chi connectivity index (χ1v) is 9.14. The van der Waals surface area contributed by atoms with Gasteiger partial charge in [-0.2, -0.15) is 0 Å². The molecule has 0 saturated carbocycles. The van der Waals surface area contributed by atoms with Gasteiger partial charge >= 0.3 is 6.03 Å². The number of piperazine rings is 1. The zero-order valence-corrected chi connectivity index (χ0v) is 15.6. The number of rotatable bonds is 3. The number of fused-ring (bicyclic) bond motifs is 1. The molecule has 0 atom stereocenters. The van der Waals surface area contributed by atoms with E-state index < -0.39 is 0 Å². The van der Waals surface area contributed by atoms with Crippen LogP contribution in [0.5, 0.6) is 0 Å². The number of hydrogen-bond acceptors (Lipinski definition) is 6. The average Bonchev–Trinajstić information content (AvgIpc) is 3.13. The van der Waals surface area contributed by atoms with E-state index in [1.807, 2.05) is 19.1 Å². The summed E-state index contributed by atoms with van der Waals surface area (Å²) in [4.78, 5) is 25.0. The molecule has 9 nitrogen and oxygen atoms in total. The number of benzene rings is 1. The molecule has 3 aromatic rings. The standard InChI is InChI=1S/C17H19ClN8O/c1-2-26-16-14(22-23-26)15(19-11-20-16)24-7-9-25(10-8-24)17(27)21-13-6-4-3-5-12(13)18/h3-6,11H,2,7-10H2,1H3,(H,21,27). The van der Waals surface area contributed by atoms with Crippen LogP contribution in [0.1, 0.15) is 6.92 Å². The molecule has 2 aromatic heterocycles. The van der Waals surface area contributed by atoms with E-state index in [0.29, 0.717) is 49.0 Å². The van der Waals surface area contributed by atoms with Crippen molar-refractivity contribution in [2.75, 3.05) is 36.4 Å². The van der Waals surface area contributed by atoms with Gasteiger partial charge in [-0.15, -0.1) is 5.10 Å². The minimum atomic E-state index is -0.160. The molecule has 1 fully saturated rings. The van der Waals surface area contributed by atoms with E-state index in [9.17, 15) is 4.79 Å². The van der Waals surface area contributed by atoms with E-state index >= 15 is 0 Å². The van der Waals surface area contributed by atoms with Crippen LogP contribution in [-0.4, -0.2) is 62.1 Å². The molecule has 10 heteroatoms. The quantitative estimate of drug-likeness (QED) is 0.742. The van der Waals surface area contributed by atoms with E-state index in [-0.39, 0.29) is 6.03 Å². The molecule has 0 unspecified atom stereocenters. The Balaban J connectivity index is 1.44. The molecule has 0 radical (unpaired) electrons. The molecule has 1 aliphatic heterocycles. The Hall–Kier alpha value is -2.94. The maximum atomic E-state index is 12.5. The maximum Gasteiger partial charge on any atom is 0.322 e. The monoisotopic (exact) mass is 386 g/mol. The Morgan fingerprint density at radius 1 is 1.19 bits per heavy atom. The van der Waals surface area contributed by atoms with E-state index in [1.54, 1.807) is 21.7 Å². The van der Waals surface area contributed by atoms with Crippen LogP contribution in [0.2, 0.25) is 5.02 Å².